The number of nitrogens with zero attached hydrogens (tertiary/aromatic N) is 4. The van der Waals surface area contributed by atoms with Crippen LogP contribution in [0.5, 0.6) is 0 Å². The van der Waals surface area contributed by atoms with Crippen molar-refractivity contribution in [2.24, 2.45) is 7.05 Å². The summed E-state index contributed by atoms with van der Waals surface area (Å²) in [7, 11) is 5.10. The van der Waals surface area contributed by atoms with Crippen LogP contribution >= 0.6 is 12.2 Å². The van der Waals surface area contributed by atoms with Gasteiger partial charge in [-0.05, 0) is 25.2 Å². The van der Waals surface area contributed by atoms with Crippen molar-refractivity contribution in [3.8, 4) is 0 Å². The van der Waals surface area contributed by atoms with Crippen LogP contribution in [0.2, 0.25) is 0 Å². The van der Waals surface area contributed by atoms with Crippen LogP contribution in [0.1, 0.15) is 12.7 Å². The molecule has 0 aliphatic heterocycles. The third kappa shape index (κ3) is 2.15. The van der Waals surface area contributed by atoms with Crippen molar-refractivity contribution in [3.63, 3.8) is 0 Å². The lowest BCUT2D eigenvalue weighted by Crippen LogP contribution is -2.28. The van der Waals surface area contributed by atoms with E-state index in [1.54, 1.807) is 31.8 Å². The average molecular weight is 226 g/mol. The lowest BCUT2D eigenvalue weighted by molar-refractivity contribution is 0.215. The van der Waals surface area contributed by atoms with Crippen molar-refractivity contribution in [1.82, 2.24) is 19.2 Å². The molecule has 0 saturated heterocycles. The molecular weight excluding hydrogens is 212 g/mol. The van der Waals surface area contributed by atoms with Crippen molar-refractivity contribution < 1.29 is 4.79 Å². The van der Waals surface area contributed by atoms with Crippen molar-refractivity contribution >= 4 is 24.3 Å². The summed E-state index contributed by atoms with van der Waals surface area (Å²) in [6, 6.07) is -0.244. The minimum Gasteiger partial charge on any atom is -0.329 e. The van der Waals surface area contributed by atoms with Gasteiger partial charge in [0.25, 0.3) is 0 Å². The molecule has 1 aromatic rings. The zero-order valence-electron chi connectivity index (χ0n) is 9.26. The van der Waals surface area contributed by atoms with Gasteiger partial charge in [-0.15, -0.1) is 5.10 Å². The Balaban J connectivity index is 3.28. The monoisotopic (exact) mass is 226 g/mol. The van der Waals surface area contributed by atoms with Crippen LogP contribution in [0.15, 0.2) is 6.08 Å². The van der Waals surface area contributed by atoms with Gasteiger partial charge in [0, 0.05) is 21.1 Å². The van der Waals surface area contributed by atoms with E-state index in [0.717, 1.165) is 0 Å². The fraction of sp³-hybridized carbons (Fsp3) is 0.444. The molecule has 0 fully saturated rings. The molecular formula is C9H14N4OS. The van der Waals surface area contributed by atoms with Gasteiger partial charge in [0.15, 0.2) is 5.82 Å². The van der Waals surface area contributed by atoms with E-state index >= 15 is 0 Å². The van der Waals surface area contributed by atoms with E-state index in [-0.39, 0.29) is 6.03 Å². The second kappa shape index (κ2) is 4.39. The van der Waals surface area contributed by atoms with Crippen LogP contribution in [0.25, 0.3) is 6.08 Å². The summed E-state index contributed by atoms with van der Waals surface area (Å²) in [5.74, 6) is 0.665. The molecule has 82 valence electrons. The van der Waals surface area contributed by atoms with Gasteiger partial charge in [-0.25, -0.2) is 4.79 Å². The molecule has 0 spiro atoms. The van der Waals surface area contributed by atoms with Crippen LogP contribution in [-0.4, -0.2) is 39.4 Å². The van der Waals surface area contributed by atoms with E-state index in [1.807, 2.05) is 13.0 Å². The molecule has 0 atom stereocenters. The maximum absolute atomic E-state index is 11.7. The lowest BCUT2D eigenvalue weighted by atomic mass is 10.5. The average Bonchev–Trinajstić information content (AvgIpc) is 2.45. The van der Waals surface area contributed by atoms with Crippen molar-refractivity contribution in [2.45, 2.75) is 6.92 Å². The van der Waals surface area contributed by atoms with Crippen molar-refractivity contribution in [2.75, 3.05) is 14.1 Å². The number of carbonyl (C=O) groups excluding carboxylic acids is 1. The summed E-state index contributed by atoms with van der Waals surface area (Å²) in [5, 5.41) is 4.12. The molecule has 0 unspecified atom stereocenters. The molecule has 1 rings (SSSR count). The van der Waals surface area contributed by atoms with Gasteiger partial charge >= 0.3 is 6.03 Å². The van der Waals surface area contributed by atoms with Crippen LogP contribution in [0.3, 0.4) is 0 Å². The van der Waals surface area contributed by atoms with Gasteiger partial charge in [0.05, 0.1) is 0 Å². The summed E-state index contributed by atoms with van der Waals surface area (Å²) < 4.78 is 3.29. The van der Waals surface area contributed by atoms with E-state index in [9.17, 15) is 4.79 Å². The van der Waals surface area contributed by atoms with Gasteiger partial charge in [-0.1, -0.05) is 6.08 Å². The van der Waals surface area contributed by atoms with Crippen molar-refractivity contribution in [3.05, 3.63) is 16.7 Å². The Bertz CT molecular complexity index is 455. The predicted molar refractivity (Wildman–Crippen MR) is 61.2 cm³/mol. The molecule has 0 N–H and O–H groups in total. The largest absolute Gasteiger partial charge is 0.346 e. The van der Waals surface area contributed by atoms with E-state index in [4.69, 9.17) is 12.2 Å². The molecule has 0 saturated carbocycles. The highest BCUT2D eigenvalue weighted by Gasteiger charge is 2.13. The number of hydrogen-bond acceptors (Lipinski definition) is 3. The SMILES string of the molecule is CC=Cc1nn(C(=O)N(C)C)c(=S)n1C. The Hall–Kier alpha value is -1.43. The Morgan fingerprint density at radius 3 is 2.60 bits per heavy atom. The smallest absolute Gasteiger partial charge is 0.329 e. The Kier molecular flexibility index (Phi) is 3.41. The first-order valence-electron chi connectivity index (χ1n) is 4.49. The quantitative estimate of drug-likeness (QED) is 0.682. The molecule has 1 heterocycles. The van der Waals surface area contributed by atoms with Gasteiger partial charge in [-0.3, -0.25) is 0 Å². The highest BCUT2D eigenvalue weighted by atomic mass is 32.1. The van der Waals surface area contributed by atoms with E-state index in [1.165, 1.54) is 9.58 Å². The fourth-order valence-corrected chi connectivity index (χ4v) is 1.27. The van der Waals surface area contributed by atoms with E-state index < -0.39 is 0 Å². The van der Waals surface area contributed by atoms with Gasteiger partial charge < -0.3 is 9.47 Å². The third-order valence-electron chi connectivity index (χ3n) is 1.89. The van der Waals surface area contributed by atoms with Crippen LogP contribution in [0.4, 0.5) is 4.79 Å². The summed E-state index contributed by atoms with van der Waals surface area (Å²) in [5.41, 5.74) is 0. The second-order valence-electron chi connectivity index (χ2n) is 3.29. The second-order valence-corrected chi connectivity index (χ2v) is 3.65. The maximum atomic E-state index is 11.7. The third-order valence-corrected chi connectivity index (χ3v) is 2.34. The van der Waals surface area contributed by atoms with E-state index in [0.29, 0.717) is 10.6 Å². The van der Waals surface area contributed by atoms with Crippen LogP contribution in [-0.2, 0) is 7.05 Å². The minimum atomic E-state index is -0.244. The van der Waals surface area contributed by atoms with Crippen LogP contribution < -0.4 is 0 Å². The zero-order chi connectivity index (χ0) is 11.6. The Morgan fingerprint density at radius 2 is 2.13 bits per heavy atom. The van der Waals surface area contributed by atoms with E-state index in [2.05, 4.69) is 5.10 Å². The first-order valence-corrected chi connectivity index (χ1v) is 4.90. The number of carbonyl (C=O) groups is 1. The van der Waals surface area contributed by atoms with Gasteiger partial charge in [-0.2, -0.15) is 4.68 Å². The molecule has 0 bridgehead atoms. The lowest BCUT2D eigenvalue weighted by Gasteiger charge is -2.08. The van der Waals surface area contributed by atoms with Gasteiger partial charge in [0.1, 0.15) is 0 Å². The highest BCUT2D eigenvalue weighted by Crippen LogP contribution is 2.02. The summed E-state index contributed by atoms with van der Waals surface area (Å²) >= 11 is 5.11. The molecule has 6 heteroatoms. The molecule has 1 amide bonds. The van der Waals surface area contributed by atoms with Crippen LogP contribution in [0, 0.1) is 4.77 Å². The van der Waals surface area contributed by atoms with Crippen molar-refractivity contribution in [1.29, 1.82) is 0 Å². The topological polar surface area (TPSA) is 43.1 Å². The molecule has 0 aliphatic carbocycles. The number of allylic oxidation sites excluding steroid dienone is 1. The predicted octanol–water partition coefficient (Wildman–Crippen LogP) is 1.51. The molecule has 0 aromatic carbocycles. The minimum absolute atomic E-state index is 0.244. The molecule has 0 aliphatic rings. The summed E-state index contributed by atoms with van der Waals surface area (Å²) in [6.45, 7) is 1.88. The Morgan fingerprint density at radius 1 is 1.53 bits per heavy atom. The fourth-order valence-electron chi connectivity index (χ4n) is 1.06. The standard InChI is InChI=1S/C9H14N4OS/c1-5-6-7-10-13(8(14)11(2)3)9(15)12(7)4/h5-6H,1-4H3. The molecule has 15 heavy (non-hydrogen) atoms. The Labute approximate surface area is 93.6 Å². The number of amides is 1. The molecule has 5 nitrogen and oxygen atoms in total. The first-order chi connectivity index (χ1) is 6.99. The molecule has 0 radical (unpaired) electrons. The summed E-state index contributed by atoms with van der Waals surface area (Å²) in [4.78, 5) is 13.1. The maximum Gasteiger partial charge on any atom is 0.346 e. The highest BCUT2D eigenvalue weighted by molar-refractivity contribution is 7.71. The number of rotatable bonds is 1. The number of hydrogen-bond donors (Lipinski definition) is 0. The first kappa shape index (κ1) is 11.6. The normalized spacial score (nSPS) is 10.9. The van der Waals surface area contributed by atoms with Gasteiger partial charge in [0.2, 0.25) is 4.77 Å². The zero-order valence-corrected chi connectivity index (χ0v) is 10.1. The summed E-state index contributed by atoms with van der Waals surface area (Å²) in [6.07, 6.45) is 3.65. The number of aromatic nitrogens is 3. The molecule has 1 aromatic heterocycles.